The monoisotopic (exact) mass is 336 g/mol. The fourth-order valence-electron chi connectivity index (χ4n) is 3.14. The molecule has 3 aromatic rings. The summed E-state index contributed by atoms with van der Waals surface area (Å²) in [6, 6.07) is 14.1. The Labute approximate surface area is 148 Å². The molecule has 5 heteroatoms. The summed E-state index contributed by atoms with van der Waals surface area (Å²) in [5.41, 5.74) is 5.02. The summed E-state index contributed by atoms with van der Waals surface area (Å²) in [5, 5.41) is 11.4. The van der Waals surface area contributed by atoms with E-state index in [2.05, 4.69) is 40.6 Å². The van der Waals surface area contributed by atoms with E-state index in [1.54, 1.807) is 0 Å². The molecule has 130 valence electrons. The van der Waals surface area contributed by atoms with Crippen LogP contribution >= 0.6 is 0 Å². The number of nitrogens with one attached hydrogen (secondary N) is 2. The van der Waals surface area contributed by atoms with Crippen LogP contribution in [0.25, 0.3) is 10.9 Å². The van der Waals surface area contributed by atoms with Crippen molar-refractivity contribution in [2.75, 3.05) is 5.32 Å². The highest BCUT2D eigenvalue weighted by Crippen LogP contribution is 2.32. The van der Waals surface area contributed by atoms with Crippen LogP contribution in [-0.2, 0) is 6.54 Å². The van der Waals surface area contributed by atoms with Crippen LogP contribution in [0.1, 0.15) is 43.6 Å². The highest BCUT2D eigenvalue weighted by atomic mass is 16.2. The second kappa shape index (κ2) is 6.97. The Hall–Kier alpha value is -2.82. The van der Waals surface area contributed by atoms with Crippen LogP contribution in [0.2, 0.25) is 0 Å². The van der Waals surface area contributed by atoms with Gasteiger partial charge in [0, 0.05) is 16.8 Å². The molecule has 1 aliphatic heterocycles. The zero-order chi connectivity index (χ0) is 18.0. The van der Waals surface area contributed by atoms with Gasteiger partial charge in [0.2, 0.25) is 0 Å². The van der Waals surface area contributed by atoms with Gasteiger partial charge >= 0.3 is 6.03 Å². The Bertz CT molecular complexity index is 885. The fourth-order valence-corrected chi connectivity index (χ4v) is 3.14. The SMILES string of the molecule is CC.Cc1[nH]nc2cc3c(cc12)CN([C@H](C)c1ccccc1)C(=O)N3. The van der Waals surface area contributed by atoms with Gasteiger partial charge in [0.05, 0.1) is 18.1 Å². The summed E-state index contributed by atoms with van der Waals surface area (Å²) in [5.74, 6) is 0. The quantitative estimate of drug-likeness (QED) is 0.691. The molecule has 1 atom stereocenters. The fraction of sp³-hybridized carbons (Fsp3) is 0.300. The summed E-state index contributed by atoms with van der Waals surface area (Å²) in [4.78, 5) is 14.4. The van der Waals surface area contributed by atoms with Gasteiger partial charge in [-0.15, -0.1) is 0 Å². The van der Waals surface area contributed by atoms with E-state index in [1.165, 1.54) is 0 Å². The first-order chi connectivity index (χ1) is 12.1. The highest BCUT2D eigenvalue weighted by molar-refractivity contribution is 5.96. The number of rotatable bonds is 2. The van der Waals surface area contributed by atoms with Crippen LogP contribution in [0.5, 0.6) is 0 Å². The predicted octanol–water partition coefficient (Wildman–Crippen LogP) is 5.01. The third kappa shape index (κ3) is 3.09. The molecule has 0 saturated heterocycles. The van der Waals surface area contributed by atoms with Crippen LogP contribution in [-0.4, -0.2) is 21.1 Å². The molecule has 1 aliphatic rings. The molecule has 2 aromatic carbocycles. The first-order valence-electron chi connectivity index (χ1n) is 8.73. The second-order valence-electron chi connectivity index (χ2n) is 6.02. The number of carbonyl (C=O) groups excluding carboxylic acids is 1. The van der Waals surface area contributed by atoms with Gasteiger partial charge in [-0.2, -0.15) is 5.10 Å². The van der Waals surface area contributed by atoms with Crippen molar-refractivity contribution in [2.24, 2.45) is 0 Å². The topological polar surface area (TPSA) is 61.0 Å². The summed E-state index contributed by atoms with van der Waals surface area (Å²) in [6.45, 7) is 8.66. The number of aromatic amines is 1. The van der Waals surface area contributed by atoms with Gasteiger partial charge in [0.25, 0.3) is 0 Å². The maximum atomic E-state index is 12.5. The van der Waals surface area contributed by atoms with Gasteiger partial charge in [0.15, 0.2) is 0 Å². The number of hydrogen-bond acceptors (Lipinski definition) is 2. The lowest BCUT2D eigenvalue weighted by Crippen LogP contribution is -2.40. The molecule has 0 aliphatic carbocycles. The van der Waals surface area contributed by atoms with Gasteiger partial charge in [-0.25, -0.2) is 4.79 Å². The molecule has 4 rings (SSSR count). The number of nitrogens with zero attached hydrogens (tertiary/aromatic N) is 2. The lowest BCUT2D eigenvalue weighted by Gasteiger charge is -2.34. The number of carbonyl (C=O) groups is 1. The van der Waals surface area contributed by atoms with Crippen molar-refractivity contribution in [3.8, 4) is 0 Å². The number of aryl methyl sites for hydroxylation is 1. The normalized spacial score (nSPS) is 14.4. The van der Waals surface area contributed by atoms with Crippen LogP contribution in [0.4, 0.5) is 10.5 Å². The Morgan fingerprint density at radius 3 is 2.60 bits per heavy atom. The average molecular weight is 336 g/mol. The lowest BCUT2D eigenvalue weighted by atomic mass is 10.0. The van der Waals surface area contributed by atoms with Crippen molar-refractivity contribution in [2.45, 2.75) is 40.3 Å². The maximum absolute atomic E-state index is 12.5. The van der Waals surface area contributed by atoms with Crippen LogP contribution in [0.15, 0.2) is 42.5 Å². The molecule has 2 N–H and O–H groups in total. The van der Waals surface area contributed by atoms with Crippen LogP contribution < -0.4 is 5.32 Å². The van der Waals surface area contributed by atoms with E-state index in [0.717, 1.165) is 33.4 Å². The molecule has 2 amide bonds. The van der Waals surface area contributed by atoms with Crippen molar-refractivity contribution in [3.63, 3.8) is 0 Å². The number of fused-ring (bicyclic) bond motifs is 2. The third-order valence-electron chi connectivity index (χ3n) is 4.56. The van der Waals surface area contributed by atoms with Gasteiger partial charge in [-0.3, -0.25) is 5.10 Å². The van der Waals surface area contributed by atoms with E-state index in [4.69, 9.17) is 0 Å². The predicted molar refractivity (Wildman–Crippen MR) is 102 cm³/mol. The molecule has 0 unspecified atom stereocenters. The number of amides is 2. The minimum absolute atomic E-state index is 0.0190. The molecular weight excluding hydrogens is 312 g/mol. The number of benzene rings is 2. The number of H-pyrrole nitrogens is 1. The van der Waals surface area contributed by atoms with Crippen molar-refractivity contribution in [1.29, 1.82) is 0 Å². The number of urea groups is 1. The summed E-state index contributed by atoms with van der Waals surface area (Å²) in [7, 11) is 0. The van der Waals surface area contributed by atoms with E-state index < -0.39 is 0 Å². The zero-order valence-corrected chi connectivity index (χ0v) is 15.1. The smallest absolute Gasteiger partial charge is 0.313 e. The van der Waals surface area contributed by atoms with Gasteiger partial charge in [0.1, 0.15) is 0 Å². The molecular formula is C20H24N4O. The summed E-state index contributed by atoms with van der Waals surface area (Å²) < 4.78 is 0. The number of aromatic nitrogens is 2. The average Bonchev–Trinajstić information content (AvgIpc) is 3.01. The van der Waals surface area contributed by atoms with Gasteiger partial charge in [-0.1, -0.05) is 44.2 Å². The molecule has 5 nitrogen and oxygen atoms in total. The van der Waals surface area contributed by atoms with Crippen molar-refractivity contribution in [1.82, 2.24) is 15.1 Å². The van der Waals surface area contributed by atoms with E-state index in [0.29, 0.717) is 6.54 Å². The number of anilines is 1. The van der Waals surface area contributed by atoms with Crippen molar-refractivity contribution < 1.29 is 4.79 Å². The minimum atomic E-state index is -0.0690. The standard InChI is InChI=1S/C18H18N4O.C2H6/c1-11-15-8-14-10-22(12(2)13-6-4-3-5-7-13)18(23)19-16(14)9-17(15)21-20-11;1-2/h3-9,12H,10H2,1-2H3,(H,19,23)(H,20,21);1-2H3/t12-;/m1./s1. The van der Waals surface area contributed by atoms with Crippen LogP contribution in [0, 0.1) is 6.92 Å². The molecule has 0 radical (unpaired) electrons. The van der Waals surface area contributed by atoms with Crippen LogP contribution in [0.3, 0.4) is 0 Å². The molecule has 0 saturated carbocycles. The minimum Gasteiger partial charge on any atom is -0.313 e. The Kier molecular flexibility index (Phi) is 4.74. The molecule has 1 aromatic heterocycles. The molecule has 25 heavy (non-hydrogen) atoms. The zero-order valence-electron chi connectivity index (χ0n) is 15.1. The first kappa shape index (κ1) is 17.0. The second-order valence-corrected chi connectivity index (χ2v) is 6.02. The molecule has 0 fully saturated rings. The summed E-state index contributed by atoms with van der Waals surface area (Å²) in [6.07, 6.45) is 0. The Balaban J connectivity index is 0.000000880. The summed E-state index contributed by atoms with van der Waals surface area (Å²) >= 11 is 0. The molecule has 0 spiro atoms. The Morgan fingerprint density at radius 1 is 1.16 bits per heavy atom. The molecule has 2 heterocycles. The van der Waals surface area contributed by atoms with E-state index >= 15 is 0 Å². The third-order valence-corrected chi connectivity index (χ3v) is 4.56. The van der Waals surface area contributed by atoms with E-state index in [-0.39, 0.29) is 12.1 Å². The van der Waals surface area contributed by atoms with Gasteiger partial charge in [-0.05, 0) is 37.1 Å². The van der Waals surface area contributed by atoms with E-state index in [1.807, 2.05) is 49.9 Å². The Morgan fingerprint density at radius 2 is 1.88 bits per heavy atom. The first-order valence-corrected chi connectivity index (χ1v) is 8.73. The van der Waals surface area contributed by atoms with Crippen molar-refractivity contribution >= 4 is 22.6 Å². The molecule has 0 bridgehead atoms. The largest absolute Gasteiger partial charge is 0.322 e. The highest BCUT2D eigenvalue weighted by Gasteiger charge is 2.28. The van der Waals surface area contributed by atoms with E-state index in [9.17, 15) is 4.79 Å². The lowest BCUT2D eigenvalue weighted by molar-refractivity contribution is 0.186. The number of hydrogen-bond donors (Lipinski definition) is 2. The van der Waals surface area contributed by atoms with Gasteiger partial charge < -0.3 is 10.2 Å². The van der Waals surface area contributed by atoms with Crippen molar-refractivity contribution in [3.05, 3.63) is 59.3 Å². The maximum Gasteiger partial charge on any atom is 0.322 e.